The third kappa shape index (κ3) is 7.06. The number of hydrogen-bond acceptors (Lipinski definition) is 15. The highest BCUT2D eigenvalue weighted by atomic mass is 32.3. The van der Waals surface area contributed by atoms with Crippen LogP contribution in [0.4, 0.5) is 5.13 Å². The van der Waals surface area contributed by atoms with Crippen molar-refractivity contribution in [2.45, 2.75) is 82.3 Å². The number of aryl methyl sites for hydroxylation is 1. The highest BCUT2D eigenvalue weighted by molar-refractivity contribution is 7.80. The van der Waals surface area contributed by atoms with Crippen LogP contribution in [0.2, 0.25) is 0 Å². The third-order valence-electron chi connectivity index (χ3n) is 8.21. The molecular formula is C28H36N8O10S2. The molecule has 260 valence electrons. The van der Waals surface area contributed by atoms with Crippen LogP contribution < -0.4 is 26.8 Å². The van der Waals surface area contributed by atoms with E-state index in [2.05, 4.69) is 30.0 Å². The van der Waals surface area contributed by atoms with Crippen LogP contribution in [0.3, 0.4) is 0 Å². The molecule has 2 amide bonds. The monoisotopic (exact) mass is 708 g/mol. The Morgan fingerprint density at radius 2 is 2.10 bits per heavy atom. The van der Waals surface area contributed by atoms with Crippen molar-refractivity contribution in [1.82, 2.24) is 20.7 Å². The zero-order chi connectivity index (χ0) is 35.2. The van der Waals surface area contributed by atoms with Gasteiger partial charge in [-0.1, -0.05) is 5.16 Å². The summed E-state index contributed by atoms with van der Waals surface area (Å²) in [7, 11) is -5.02. The van der Waals surface area contributed by atoms with E-state index in [1.54, 1.807) is 6.07 Å². The van der Waals surface area contributed by atoms with Gasteiger partial charge in [-0.3, -0.25) is 19.1 Å². The normalized spacial score (nSPS) is 23.8. The van der Waals surface area contributed by atoms with Crippen molar-refractivity contribution in [2.75, 3.05) is 12.3 Å². The van der Waals surface area contributed by atoms with Gasteiger partial charge >= 0.3 is 16.4 Å². The Labute approximate surface area is 279 Å². The van der Waals surface area contributed by atoms with Gasteiger partial charge in [0.05, 0.1) is 12.1 Å². The molecule has 20 heteroatoms. The molecule has 0 saturated carbocycles. The first-order valence-corrected chi connectivity index (χ1v) is 17.0. The Hall–Kier alpha value is -4.37. The van der Waals surface area contributed by atoms with E-state index in [1.165, 1.54) is 26.2 Å². The van der Waals surface area contributed by atoms with Gasteiger partial charge < -0.3 is 36.8 Å². The number of ether oxygens (including phenoxy) is 1. The molecule has 18 nitrogen and oxygen atoms in total. The molecule has 0 unspecified atom stereocenters. The second kappa shape index (κ2) is 12.9. The predicted octanol–water partition coefficient (Wildman–Crippen LogP) is -0.0212. The quantitative estimate of drug-likeness (QED) is 0.0732. The lowest BCUT2D eigenvalue weighted by Gasteiger charge is -2.50. The SMILES string of the molecule is C[C@@H](N)C[C@@H]1CN=C(c2ccc3c(c2)CC[C@H]([C@](C)(O/N=C(\C(=O)N[C@@H]2C(=O)N(OS(=O)(=O)O)C2(C)C)c2csc(N)n2)C(=O)O)O3)N1. The number of amidine groups is 1. The number of oxime groups is 1. The maximum absolute atomic E-state index is 13.4. The molecule has 0 aliphatic carbocycles. The van der Waals surface area contributed by atoms with Gasteiger partial charge in [-0.15, -0.1) is 15.6 Å². The Bertz CT molecular complexity index is 1790. The summed E-state index contributed by atoms with van der Waals surface area (Å²) in [6.07, 6.45) is 0.399. The minimum absolute atomic E-state index is 0.0341. The first-order valence-electron chi connectivity index (χ1n) is 14.8. The number of aliphatic imine (C=N–C) groups is 1. The molecule has 1 saturated heterocycles. The number of carbonyl (C=O) groups is 3. The van der Waals surface area contributed by atoms with Gasteiger partial charge in [-0.2, -0.15) is 13.5 Å². The minimum atomic E-state index is -5.02. The summed E-state index contributed by atoms with van der Waals surface area (Å²) in [6, 6.07) is 4.33. The second-order valence-electron chi connectivity index (χ2n) is 12.4. The fourth-order valence-corrected chi connectivity index (χ4v) is 6.56. The first-order chi connectivity index (χ1) is 22.4. The molecule has 0 bridgehead atoms. The number of aliphatic carboxylic acids is 1. The van der Waals surface area contributed by atoms with Crippen molar-refractivity contribution >= 4 is 56.2 Å². The molecule has 4 heterocycles. The summed E-state index contributed by atoms with van der Waals surface area (Å²) in [6.45, 7) is 6.56. The van der Waals surface area contributed by atoms with E-state index >= 15 is 0 Å². The van der Waals surface area contributed by atoms with Crippen molar-refractivity contribution in [3.63, 3.8) is 0 Å². The number of fused-ring (bicyclic) bond motifs is 1. The highest BCUT2D eigenvalue weighted by Crippen LogP contribution is 2.35. The van der Waals surface area contributed by atoms with Gasteiger partial charge in [0.15, 0.2) is 16.9 Å². The molecule has 1 aromatic carbocycles. The minimum Gasteiger partial charge on any atom is -0.485 e. The lowest BCUT2D eigenvalue weighted by atomic mass is 9.84. The van der Waals surface area contributed by atoms with Crippen molar-refractivity contribution in [1.29, 1.82) is 0 Å². The largest absolute Gasteiger partial charge is 0.485 e. The summed E-state index contributed by atoms with van der Waals surface area (Å²) in [5, 5.41) is 21.8. The van der Waals surface area contributed by atoms with Gasteiger partial charge in [0, 0.05) is 23.0 Å². The van der Waals surface area contributed by atoms with Crippen LogP contribution in [0.1, 0.15) is 57.4 Å². The zero-order valence-corrected chi connectivity index (χ0v) is 28.0. The van der Waals surface area contributed by atoms with E-state index in [1.807, 2.05) is 19.1 Å². The Balaban J connectivity index is 1.34. The number of anilines is 1. The number of carboxylic acid groups (broad SMARTS) is 1. The number of hydroxylamine groups is 2. The summed E-state index contributed by atoms with van der Waals surface area (Å²) < 4.78 is 41.7. The van der Waals surface area contributed by atoms with E-state index < -0.39 is 57.2 Å². The fraction of sp³-hybridized carbons (Fsp3) is 0.500. The van der Waals surface area contributed by atoms with Gasteiger partial charge in [-0.25, -0.2) is 9.78 Å². The summed E-state index contributed by atoms with van der Waals surface area (Å²) in [4.78, 5) is 52.9. The molecule has 2 aromatic rings. The number of benzene rings is 1. The molecule has 5 rings (SSSR count). The number of nitrogens with one attached hydrogen (secondary N) is 2. The molecule has 1 aromatic heterocycles. The number of β-lactam (4-membered cyclic amide) rings is 1. The van der Waals surface area contributed by atoms with Gasteiger partial charge in [0.2, 0.25) is 0 Å². The second-order valence-corrected chi connectivity index (χ2v) is 14.3. The van der Waals surface area contributed by atoms with Crippen molar-refractivity contribution in [2.24, 2.45) is 15.9 Å². The number of amides is 2. The van der Waals surface area contributed by atoms with Crippen LogP contribution in [-0.4, -0.2) is 99.4 Å². The highest BCUT2D eigenvalue weighted by Gasteiger charge is 2.58. The molecule has 3 aliphatic heterocycles. The topological polar surface area (TPSA) is 270 Å². The van der Waals surface area contributed by atoms with Crippen LogP contribution >= 0.6 is 11.3 Å². The molecule has 0 spiro atoms. The van der Waals surface area contributed by atoms with Crippen LogP contribution in [0.15, 0.2) is 33.7 Å². The number of aromatic nitrogens is 1. The van der Waals surface area contributed by atoms with Crippen molar-refractivity contribution in [3.05, 3.63) is 40.4 Å². The smallest absolute Gasteiger partial charge is 0.418 e. The predicted molar refractivity (Wildman–Crippen MR) is 171 cm³/mol. The fourth-order valence-electron chi connectivity index (χ4n) is 5.56. The number of carbonyl (C=O) groups excluding carboxylic acids is 2. The van der Waals surface area contributed by atoms with E-state index in [-0.39, 0.29) is 29.3 Å². The zero-order valence-electron chi connectivity index (χ0n) is 26.4. The van der Waals surface area contributed by atoms with Gasteiger partial charge in [0.1, 0.15) is 23.3 Å². The number of nitrogens with zero attached hydrogens (tertiary/aromatic N) is 4. The third-order valence-corrected chi connectivity index (χ3v) is 9.22. The number of hydrogen-bond donors (Lipinski definition) is 6. The molecule has 5 atom stereocenters. The van der Waals surface area contributed by atoms with Crippen molar-refractivity contribution < 1.29 is 46.3 Å². The molecule has 0 radical (unpaired) electrons. The van der Waals surface area contributed by atoms with E-state index in [0.29, 0.717) is 23.8 Å². The van der Waals surface area contributed by atoms with Crippen LogP contribution in [0.25, 0.3) is 0 Å². The summed E-state index contributed by atoms with van der Waals surface area (Å²) in [5.41, 5.74) is 9.27. The first kappa shape index (κ1) is 35.0. The molecule has 3 aliphatic rings. The average Bonchev–Trinajstić information content (AvgIpc) is 3.66. The Morgan fingerprint density at radius 1 is 1.38 bits per heavy atom. The molecule has 8 N–H and O–H groups in total. The maximum atomic E-state index is 13.4. The van der Waals surface area contributed by atoms with Gasteiger partial charge in [0.25, 0.3) is 17.4 Å². The average molecular weight is 709 g/mol. The molecular weight excluding hydrogens is 672 g/mol. The lowest BCUT2D eigenvalue weighted by Crippen LogP contribution is -2.76. The summed E-state index contributed by atoms with van der Waals surface area (Å²) in [5.74, 6) is -2.23. The Morgan fingerprint density at radius 3 is 2.71 bits per heavy atom. The standard InChI is InChI=1S/C28H36N8O10S2/c1-13(29)9-16-11-31-22(32-16)15-5-7-18-14(10-15)6-8-19(44-18)28(4,25(39)40)45-35-20(17-12-47-26(30)33-17)23(37)34-21-24(38)36(27(21,2)3)46-48(41,42)43/h5,7,10,12-13,16,19,21H,6,8-9,11,29H2,1-4H3,(H2,30,33)(H,31,32)(H,34,37)(H,39,40)(H,41,42,43)/b35-20-/t13-,16-,19-,21-,28+/m1/s1. The number of rotatable bonds is 12. The Kier molecular flexibility index (Phi) is 9.40. The van der Waals surface area contributed by atoms with Crippen LogP contribution in [0.5, 0.6) is 5.75 Å². The van der Waals surface area contributed by atoms with E-state index in [9.17, 15) is 27.9 Å². The summed E-state index contributed by atoms with van der Waals surface area (Å²) >= 11 is 0.970. The number of carboxylic acids is 1. The van der Waals surface area contributed by atoms with Crippen molar-refractivity contribution in [3.8, 4) is 5.75 Å². The molecule has 48 heavy (non-hydrogen) atoms. The number of nitrogen functional groups attached to an aromatic ring is 1. The van der Waals surface area contributed by atoms with E-state index in [4.69, 9.17) is 25.6 Å². The lowest BCUT2D eigenvalue weighted by molar-refractivity contribution is -0.218. The van der Waals surface area contributed by atoms with Crippen LogP contribution in [-0.2, 0) is 40.3 Å². The van der Waals surface area contributed by atoms with Crippen LogP contribution in [0, 0.1) is 0 Å². The molecule has 1 fully saturated rings. The van der Waals surface area contributed by atoms with Gasteiger partial charge in [-0.05, 0) is 70.7 Å². The maximum Gasteiger partial charge on any atom is 0.418 e. The van der Waals surface area contributed by atoms with E-state index in [0.717, 1.165) is 34.7 Å². The number of thiazole rings is 1. The number of nitrogens with two attached hydrogens (primary N) is 2.